The fourth-order valence-corrected chi connectivity index (χ4v) is 4.66. The van der Waals surface area contributed by atoms with E-state index in [0.717, 1.165) is 10.3 Å². The van der Waals surface area contributed by atoms with Crippen LogP contribution in [0.2, 0.25) is 0 Å². The van der Waals surface area contributed by atoms with Crippen molar-refractivity contribution in [3.8, 4) is 5.75 Å². The zero-order valence-corrected chi connectivity index (χ0v) is 16.7. The molecule has 1 amide bonds. The molecule has 2 aromatic carbocycles. The predicted molar refractivity (Wildman–Crippen MR) is 107 cm³/mol. The second-order valence-corrected chi connectivity index (χ2v) is 9.12. The average Bonchev–Trinajstić information content (AvgIpc) is 3.04. The Kier molecular flexibility index (Phi) is 5.76. The van der Waals surface area contributed by atoms with Crippen molar-refractivity contribution in [3.05, 3.63) is 48.0 Å². The molecule has 0 unspecified atom stereocenters. The molecule has 142 valence electrons. The summed E-state index contributed by atoms with van der Waals surface area (Å²) >= 11 is 1.32. The molecule has 1 N–H and O–H groups in total. The molecule has 0 spiro atoms. The minimum atomic E-state index is -3.50. The van der Waals surface area contributed by atoms with Crippen LogP contribution < -0.4 is 10.1 Å². The number of hydrogen-bond acceptors (Lipinski definition) is 6. The smallest absolute Gasteiger partial charge is 0.227 e. The second-order valence-electron chi connectivity index (χ2n) is 5.99. The quantitative estimate of drug-likeness (QED) is 0.647. The lowest BCUT2D eigenvalue weighted by Crippen LogP contribution is -2.17. The van der Waals surface area contributed by atoms with Crippen molar-refractivity contribution in [2.75, 3.05) is 17.7 Å². The van der Waals surface area contributed by atoms with Gasteiger partial charge in [-0.05, 0) is 38.1 Å². The number of ether oxygens (including phenoxy) is 1. The number of fused-ring (bicyclic) bond motifs is 1. The normalized spacial score (nSPS) is 11.5. The van der Waals surface area contributed by atoms with Crippen LogP contribution in [0.1, 0.15) is 18.9 Å². The van der Waals surface area contributed by atoms with Crippen molar-refractivity contribution < 1.29 is 17.9 Å². The van der Waals surface area contributed by atoms with E-state index < -0.39 is 9.84 Å². The first-order valence-electron chi connectivity index (χ1n) is 8.50. The monoisotopic (exact) mass is 404 g/mol. The van der Waals surface area contributed by atoms with Crippen LogP contribution in [0.25, 0.3) is 10.2 Å². The average molecular weight is 405 g/mol. The highest BCUT2D eigenvalue weighted by Gasteiger charge is 2.17. The van der Waals surface area contributed by atoms with Gasteiger partial charge in [-0.15, -0.1) is 0 Å². The number of amides is 1. The predicted octanol–water partition coefficient (Wildman–Crippen LogP) is 3.81. The molecule has 6 nitrogen and oxygen atoms in total. The summed E-state index contributed by atoms with van der Waals surface area (Å²) in [6.07, 6.45) is -0.134. The number of nitrogens with one attached hydrogen (secondary N) is 1. The standard InChI is InChI=1S/C19H20N2O4S2/c1-3-25-15-5-4-6-16-18(15)21-19(26-16)20-17(22)11-12-27(23,24)14-9-7-13(2)8-10-14/h4-10H,3,11-12H2,1-2H3,(H,20,21,22). The molecule has 0 atom stereocenters. The van der Waals surface area contributed by atoms with E-state index in [2.05, 4.69) is 10.3 Å². The van der Waals surface area contributed by atoms with E-state index in [-0.39, 0.29) is 23.0 Å². The van der Waals surface area contributed by atoms with Gasteiger partial charge >= 0.3 is 0 Å². The highest BCUT2D eigenvalue weighted by atomic mass is 32.2. The summed E-state index contributed by atoms with van der Waals surface area (Å²) in [5.74, 6) is 0.0215. The molecule has 0 saturated heterocycles. The van der Waals surface area contributed by atoms with Crippen LogP contribution >= 0.6 is 11.3 Å². The first-order valence-corrected chi connectivity index (χ1v) is 11.0. The third-order valence-electron chi connectivity index (χ3n) is 3.91. The van der Waals surface area contributed by atoms with Gasteiger partial charge in [0.25, 0.3) is 0 Å². The molecule has 0 fully saturated rings. The number of para-hydroxylation sites is 1. The zero-order chi connectivity index (χ0) is 19.4. The van der Waals surface area contributed by atoms with Gasteiger partial charge in [0, 0.05) is 6.42 Å². The Morgan fingerprint density at radius 3 is 2.63 bits per heavy atom. The molecule has 1 aromatic heterocycles. The lowest BCUT2D eigenvalue weighted by atomic mass is 10.2. The number of aromatic nitrogens is 1. The van der Waals surface area contributed by atoms with Crippen LogP contribution in [0.5, 0.6) is 5.75 Å². The summed E-state index contributed by atoms with van der Waals surface area (Å²) in [7, 11) is -3.50. The summed E-state index contributed by atoms with van der Waals surface area (Å²) < 4.78 is 31.1. The van der Waals surface area contributed by atoms with Gasteiger partial charge in [0.05, 0.1) is 22.0 Å². The molecule has 3 rings (SSSR count). The lowest BCUT2D eigenvalue weighted by Gasteiger charge is -2.05. The summed E-state index contributed by atoms with van der Waals surface area (Å²) in [4.78, 5) is 16.8. The van der Waals surface area contributed by atoms with Gasteiger partial charge in [-0.25, -0.2) is 13.4 Å². The second kappa shape index (κ2) is 8.06. The van der Waals surface area contributed by atoms with Crippen molar-refractivity contribution in [1.82, 2.24) is 4.98 Å². The molecule has 0 aliphatic carbocycles. The molecule has 8 heteroatoms. The first kappa shape index (κ1) is 19.3. The molecular formula is C19H20N2O4S2. The Bertz CT molecular complexity index is 1060. The molecule has 3 aromatic rings. The van der Waals surface area contributed by atoms with Crippen molar-refractivity contribution in [2.24, 2.45) is 0 Å². The fraction of sp³-hybridized carbons (Fsp3) is 0.263. The first-order chi connectivity index (χ1) is 12.9. The van der Waals surface area contributed by atoms with Crippen LogP contribution in [-0.4, -0.2) is 31.7 Å². The van der Waals surface area contributed by atoms with E-state index in [1.807, 2.05) is 32.0 Å². The Labute approximate surface area is 162 Å². The molecule has 0 radical (unpaired) electrons. The Hall–Kier alpha value is -2.45. The van der Waals surface area contributed by atoms with Gasteiger partial charge in [0.1, 0.15) is 11.3 Å². The van der Waals surface area contributed by atoms with Crippen molar-refractivity contribution in [3.63, 3.8) is 0 Å². The molecule has 0 aliphatic rings. The number of sulfone groups is 1. The Balaban J connectivity index is 1.66. The summed E-state index contributed by atoms with van der Waals surface area (Å²) in [6, 6.07) is 12.2. The van der Waals surface area contributed by atoms with Gasteiger partial charge in [0.15, 0.2) is 15.0 Å². The number of hydrogen-bond donors (Lipinski definition) is 1. The Morgan fingerprint density at radius 1 is 1.19 bits per heavy atom. The maximum Gasteiger partial charge on any atom is 0.227 e. The van der Waals surface area contributed by atoms with Crippen molar-refractivity contribution in [2.45, 2.75) is 25.2 Å². The number of thiazole rings is 1. The van der Waals surface area contributed by atoms with E-state index >= 15 is 0 Å². The fourth-order valence-electron chi connectivity index (χ4n) is 2.52. The minimum absolute atomic E-state index is 0.134. The third kappa shape index (κ3) is 4.64. The number of carbonyl (C=O) groups excluding carboxylic acids is 1. The maximum atomic E-state index is 12.3. The minimum Gasteiger partial charge on any atom is -0.492 e. The van der Waals surface area contributed by atoms with Crippen molar-refractivity contribution in [1.29, 1.82) is 0 Å². The van der Waals surface area contributed by atoms with Gasteiger partial charge in [-0.1, -0.05) is 35.1 Å². The molecule has 1 heterocycles. The number of anilines is 1. The van der Waals surface area contributed by atoms with Gasteiger partial charge in [-0.3, -0.25) is 4.79 Å². The SMILES string of the molecule is CCOc1cccc2sc(NC(=O)CCS(=O)(=O)c3ccc(C)cc3)nc12. The molecule has 0 bridgehead atoms. The summed E-state index contributed by atoms with van der Waals surface area (Å²) in [5.41, 5.74) is 1.67. The van der Waals surface area contributed by atoms with Crippen LogP contribution in [0.3, 0.4) is 0 Å². The van der Waals surface area contributed by atoms with Crippen LogP contribution in [0.4, 0.5) is 5.13 Å². The Morgan fingerprint density at radius 2 is 1.93 bits per heavy atom. The van der Waals surface area contributed by atoms with E-state index in [1.54, 1.807) is 24.3 Å². The topological polar surface area (TPSA) is 85.4 Å². The van der Waals surface area contributed by atoms with Crippen LogP contribution in [-0.2, 0) is 14.6 Å². The van der Waals surface area contributed by atoms with E-state index in [0.29, 0.717) is 23.0 Å². The third-order valence-corrected chi connectivity index (χ3v) is 6.57. The highest BCUT2D eigenvalue weighted by molar-refractivity contribution is 7.91. The van der Waals surface area contributed by atoms with E-state index in [1.165, 1.54) is 11.3 Å². The van der Waals surface area contributed by atoms with Gasteiger partial charge in [-0.2, -0.15) is 0 Å². The largest absolute Gasteiger partial charge is 0.492 e. The molecule has 27 heavy (non-hydrogen) atoms. The van der Waals surface area contributed by atoms with Gasteiger partial charge < -0.3 is 10.1 Å². The molecular weight excluding hydrogens is 384 g/mol. The highest BCUT2D eigenvalue weighted by Crippen LogP contribution is 2.32. The molecule has 0 saturated carbocycles. The van der Waals surface area contributed by atoms with Crippen molar-refractivity contribution >= 4 is 42.4 Å². The summed E-state index contributed by atoms with van der Waals surface area (Å²) in [6.45, 7) is 4.30. The van der Waals surface area contributed by atoms with E-state index in [4.69, 9.17) is 4.74 Å². The zero-order valence-electron chi connectivity index (χ0n) is 15.1. The number of rotatable bonds is 7. The van der Waals surface area contributed by atoms with E-state index in [9.17, 15) is 13.2 Å². The summed E-state index contributed by atoms with van der Waals surface area (Å²) in [5, 5.41) is 3.11. The molecule has 0 aliphatic heterocycles. The number of carbonyl (C=O) groups is 1. The van der Waals surface area contributed by atoms with Crippen LogP contribution in [0.15, 0.2) is 47.4 Å². The number of aryl methyl sites for hydroxylation is 1. The van der Waals surface area contributed by atoms with Gasteiger partial charge in [0.2, 0.25) is 5.91 Å². The number of benzene rings is 2. The maximum absolute atomic E-state index is 12.3. The van der Waals surface area contributed by atoms with Crippen LogP contribution in [0, 0.1) is 6.92 Å². The lowest BCUT2D eigenvalue weighted by molar-refractivity contribution is -0.115. The number of nitrogens with zero attached hydrogens (tertiary/aromatic N) is 1.